The molecule has 0 spiro atoms. The van der Waals surface area contributed by atoms with E-state index in [1.54, 1.807) is 12.1 Å². The second-order valence-electron chi connectivity index (χ2n) is 6.44. The van der Waals surface area contributed by atoms with Crippen molar-refractivity contribution in [2.24, 2.45) is 5.73 Å². The number of ether oxygens (including phenoxy) is 1. The van der Waals surface area contributed by atoms with Crippen molar-refractivity contribution in [3.63, 3.8) is 0 Å². The number of hydrogen-bond acceptors (Lipinski definition) is 5. The van der Waals surface area contributed by atoms with Crippen LogP contribution >= 0.6 is 11.6 Å². The smallest absolute Gasteiger partial charge is 0.317 e. The number of carbonyl (C=O) groups excluding carboxylic acids is 1. The lowest BCUT2D eigenvalue weighted by atomic mass is 10.1. The molecule has 27 heavy (non-hydrogen) atoms. The highest BCUT2D eigenvalue weighted by molar-refractivity contribution is 6.32. The molecule has 2 amide bonds. The molecule has 2 aliphatic heterocycles. The lowest BCUT2D eigenvalue weighted by Crippen LogP contribution is -2.24. The molecule has 8 heteroatoms. The Balaban J connectivity index is 0.000000166. The summed E-state index contributed by atoms with van der Waals surface area (Å²) in [6.45, 7) is 2.15. The average molecular weight is 391 g/mol. The van der Waals surface area contributed by atoms with Gasteiger partial charge in [-0.05, 0) is 43.0 Å². The first-order chi connectivity index (χ1) is 13.0. The maximum absolute atomic E-state index is 10.7. The number of carbonyl (C=O) groups is 1. The molecule has 4 N–H and O–H groups in total. The number of benzene rings is 1. The normalized spacial score (nSPS) is 18.0. The van der Waals surface area contributed by atoms with Gasteiger partial charge in [0.1, 0.15) is 17.4 Å². The highest BCUT2D eigenvalue weighted by atomic mass is 35.5. The standard InChI is InChI=1S/C10H14N4O2.C9H9ClO/c11-10(16)13-8-2-1-3-9(12-8)14-5-4-7(15)6-14;10-8-5-1-3-7-4-2-6-11-9(7)8/h1-3,7,15H,4-6H2,(H3,11,12,13,16);1,3,5H,2,4,6H2. The van der Waals surface area contributed by atoms with Crippen LogP contribution in [-0.4, -0.2) is 41.9 Å². The van der Waals surface area contributed by atoms with Crippen molar-refractivity contribution >= 4 is 29.3 Å². The van der Waals surface area contributed by atoms with Crippen LogP contribution in [-0.2, 0) is 6.42 Å². The number of nitrogens with one attached hydrogen (secondary N) is 1. The molecule has 3 heterocycles. The summed E-state index contributed by atoms with van der Waals surface area (Å²) in [5, 5.41) is 12.6. The van der Waals surface area contributed by atoms with Gasteiger partial charge in [-0.1, -0.05) is 29.8 Å². The van der Waals surface area contributed by atoms with E-state index < -0.39 is 6.03 Å². The van der Waals surface area contributed by atoms with E-state index >= 15 is 0 Å². The quantitative estimate of drug-likeness (QED) is 0.732. The van der Waals surface area contributed by atoms with Gasteiger partial charge in [-0.15, -0.1) is 0 Å². The molecule has 144 valence electrons. The van der Waals surface area contributed by atoms with Crippen molar-refractivity contribution in [3.05, 3.63) is 47.0 Å². The summed E-state index contributed by atoms with van der Waals surface area (Å²) >= 11 is 5.92. The average Bonchev–Trinajstić information content (AvgIpc) is 3.09. The molecular weight excluding hydrogens is 368 g/mol. The predicted octanol–water partition coefficient (Wildman–Crippen LogP) is 2.81. The van der Waals surface area contributed by atoms with Crippen LogP contribution in [0.1, 0.15) is 18.4 Å². The number of urea groups is 1. The molecular formula is C19H23ClN4O3. The number of β-amino-alcohol motifs (C(OH)–C–C–N with tert-alkyl or cyclic N) is 1. The summed E-state index contributed by atoms with van der Waals surface area (Å²) in [6.07, 6.45) is 2.65. The number of aliphatic hydroxyl groups is 1. The highest BCUT2D eigenvalue weighted by Gasteiger charge is 2.21. The zero-order valence-corrected chi connectivity index (χ0v) is 15.7. The summed E-state index contributed by atoms with van der Waals surface area (Å²) in [4.78, 5) is 16.9. The third-order valence-corrected chi connectivity index (χ3v) is 4.66. The predicted molar refractivity (Wildman–Crippen MR) is 106 cm³/mol. The Morgan fingerprint density at radius 2 is 2.15 bits per heavy atom. The largest absolute Gasteiger partial charge is 0.492 e. The highest BCUT2D eigenvalue weighted by Crippen LogP contribution is 2.32. The number of nitrogens with zero attached hydrogens (tertiary/aromatic N) is 2. The lowest BCUT2D eigenvalue weighted by Gasteiger charge is -2.17. The van der Waals surface area contributed by atoms with E-state index in [0.29, 0.717) is 12.4 Å². The first-order valence-corrected chi connectivity index (χ1v) is 9.27. The van der Waals surface area contributed by atoms with Gasteiger partial charge in [0, 0.05) is 13.1 Å². The number of nitrogens with two attached hydrogens (primary N) is 1. The number of aromatic nitrogens is 1. The maximum Gasteiger partial charge on any atom is 0.317 e. The Morgan fingerprint density at radius 1 is 1.33 bits per heavy atom. The van der Waals surface area contributed by atoms with Gasteiger partial charge in [-0.25, -0.2) is 9.78 Å². The van der Waals surface area contributed by atoms with Crippen LogP contribution < -0.4 is 20.7 Å². The SMILES string of the molecule is Clc1cccc2c1OCCC2.NC(=O)Nc1cccc(N2CCC(O)C2)n1. The van der Waals surface area contributed by atoms with Crippen molar-refractivity contribution in [2.45, 2.75) is 25.4 Å². The van der Waals surface area contributed by atoms with Gasteiger partial charge < -0.3 is 20.5 Å². The second kappa shape index (κ2) is 8.92. The summed E-state index contributed by atoms with van der Waals surface area (Å²) in [7, 11) is 0. The minimum atomic E-state index is -0.633. The fraction of sp³-hybridized carbons (Fsp3) is 0.368. The van der Waals surface area contributed by atoms with Crippen LogP contribution in [0, 0.1) is 0 Å². The molecule has 1 aromatic heterocycles. The zero-order valence-electron chi connectivity index (χ0n) is 14.9. The number of hydrogen-bond donors (Lipinski definition) is 3. The van der Waals surface area contributed by atoms with Gasteiger partial charge >= 0.3 is 6.03 Å². The topological polar surface area (TPSA) is 101 Å². The Hall–Kier alpha value is -2.51. The fourth-order valence-electron chi connectivity index (χ4n) is 3.09. The first-order valence-electron chi connectivity index (χ1n) is 8.89. The van der Waals surface area contributed by atoms with Crippen molar-refractivity contribution in [1.29, 1.82) is 0 Å². The molecule has 1 saturated heterocycles. The molecule has 1 unspecified atom stereocenters. The van der Waals surface area contributed by atoms with Crippen LogP contribution in [0.15, 0.2) is 36.4 Å². The molecule has 4 rings (SSSR count). The molecule has 2 aromatic rings. The molecule has 1 fully saturated rings. The number of aliphatic hydroxyl groups excluding tert-OH is 1. The summed E-state index contributed by atoms with van der Waals surface area (Å²) in [5.41, 5.74) is 6.25. The van der Waals surface area contributed by atoms with E-state index in [2.05, 4.69) is 16.4 Å². The third kappa shape index (κ3) is 5.24. The number of anilines is 2. The van der Waals surface area contributed by atoms with Crippen molar-refractivity contribution in [3.8, 4) is 5.75 Å². The number of pyridine rings is 1. The van der Waals surface area contributed by atoms with Crippen LogP contribution in [0.25, 0.3) is 0 Å². The van der Waals surface area contributed by atoms with Gasteiger partial charge in [0.25, 0.3) is 0 Å². The number of aryl methyl sites for hydroxylation is 1. The van der Waals surface area contributed by atoms with Gasteiger partial charge in [0.05, 0.1) is 17.7 Å². The first kappa shape index (κ1) is 19.3. The fourth-order valence-corrected chi connectivity index (χ4v) is 3.34. The third-order valence-electron chi connectivity index (χ3n) is 4.36. The van der Waals surface area contributed by atoms with E-state index in [1.165, 1.54) is 5.56 Å². The number of halogens is 1. The van der Waals surface area contributed by atoms with E-state index in [-0.39, 0.29) is 6.10 Å². The monoisotopic (exact) mass is 390 g/mol. The van der Waals surface area contributed by atoms with E-state index in [1.807, 2.05) is 23.1 Å². The van der Waals surface area contributed by atoms with E-state index in [4.69, 9.17) is 22.1 Å². The van der Waals surface area contributed by atoms with Crippen molar-refractivity contribution in [1.82, 2.24) is 4.98 Å². The zero-order chi connectivity index (χ0) is 19.2. The Morgan fingerprint density at radius 3 is 2.85 bits per heavy atom. The summed E-state index contributed by atoms with van der Waals surface area (Å²) < 4.78 is 5.42. The lowest BCUT2D eigenvalue weighted by molar-refractivity contribution is 0.198. The van der Waals surface area contributed by atoms with Crippen molar-refractivity contribution in [2.75, 3.05) is 29.9 Å². The number of para-hydroxylation sites is 1. The Labute approximate surface area is 163 Å². The van der Waals surface area contributed by atoms with Gasteiger partial charge in [-0.2, -0.15) is 0 Å². The number of fused-ring (bicyclic) bond motifs is 1. The van der Waals surface area contributed by atoms with Gasteiger partial charge in [0.2, 0.25) is 0 Å². The Bertz CT molecular complexity index is 802. The molecule has 7 nitrogen and oxygen atoms in total. The summed E-state index contributed by atoms with van der Waals surface area (Å²) in [6, 6.07) is 10.6. The molecule has 0 aliphatic carbocycles. The van der Waals surface area contributed by atoms with Gasteiger partial charge in [0.15, 0.2) is 0 Å². The van der Waals surface area contributed by atoms with Crippen LogP contribution in [0.5, 0.6) is 5.75 Å². The van der Waals surface area contributed by atoms with Gasteiger partial charge in [-0.3, -0.25) is 5.32 Å². The van der Waals surface area contributed by atoms with E-state index in [0.717, 1.165) is 49.0 Å². The number of rotatable bonds is 2. The minimum Gasteiger partial charge on any atom is -0.492 e. The molecule has 2 aliphatic rings. The second-order valence-corrected chi connectivity index (χ2v) is 6.85. The molecule has 0 saturated carbocycles. The summed E-state index contributed by atoms with van der Waals surface area (Å²) in [5.74, 6) is 2.05. The van der Waals surface area contributed by atoms with E-state index in [9.17, 15) is 9.90 Å². The number of primary amides is 1. The number of amides is 2. The molecule has 0 radical (unpaired) electrons. The maximum atomic E-state index is 10.7. The van der Waals surface area contributed by atoms with Crippen LogP contribution in [0.3, 0.4) is 0 Å². The van der Waals surface area contributed by atoms with Crippen LogP contribution in [0.4, 0.5) is 16.4 Å². The Kier molecular flexibility index (Phi) is 6.36. The molecule has 0 bridgehead atoms. The minimum absolute atomic E-state index is 0.297. The van der Waals surface area contributed by atoms with Crippen LogP contribution in [0.2, 0.25) is 5.02 Å². The van der Waals surface area contributed by atoms with Crippen molar-refractivity contribution < 1.29 is 14.6 Å². The molecule has 1 aromatic carbocycles. The molecule has 1 atom stereocenters.